The Morgan fingerprint density at radius 3 is 2.32 bits per heavy atom. The molecule has 0 amide bonds. The molecule has 0 aliphatic heterocycles. The van der Waals surface area contributed by atoms with Gasteiger partial charge in [0.15, 0.2) is 11.5 Å². The summed E-state index contributed by atoms with van der Waals surface area (Å²) >= 11 is 6.32. The van der Waals surface area contributed by atoms with Crippen LogP contribution in [0.15, 0.2) is 17.1 Å². The highest BCUT2D eigenvalue weighted by Crippen LogP contribution is 2.47. The SMILES string of the molecule is COc1cc(Cl)c(C2(N=C=O)CCCC2)cc1OC. The zero-order valence-corrected chi connectivity index (χ0v) is 11.8. The van der Waals surface area contributed by atoms with Gasteiger partial charge in [-0.1, -0.05) is 24.4 Å². The summed E-state index contributed by atoms with van der Waals surface area (Å²) in [6, 6.07) is 3.52. The Morgan fingerprint density at radius 1 is 1.21 bits per heavy atom. The van der Waals surface area contributed by atoms with Crippen LogP contribution in [0.4, 0.5) is 0 Å². The number of hydrogen-bond acceptors (Lipinski definition) is 4. The molecule has 0 spiro atoms. The van der Waals surface area contributed by atoms with Crippen molar-refractivity contribution >= 4 is 17.7 Å². The third-order valence-electron chi connectivity index (χ3n) is 3.66. The Morgan fingerprint density at radius 2 is 1.79 bits per heavy atom. The fraction of sp³-hybridized carbons (Fsp3) is 0.500. The second-order valence-corrected chi connectivity index (χ2v) is 5.04. The largest absolute Gasteiger partial charge is 0.493 e. The van der Waals surface area contributed by atoms with E-state index in [4.69, 9.17) is 21.1 Å². The smallest absolute Gasteiger partial charge is 0.235 e. The highest BCUT2D eigenvalue weighted by molar-refractivity contribution is 6.31. The molecule has 0 heterocycles. The molecule has 1 fully saturated rings. The van der Waals surface area contributed by atoms with Crippen molar-refractivity contribution in [1.29, 1.82) is 0 Å². The van der Waals surface area contributed by atoms with Gasteiger partial charge in [0.05, 0.1) is 24.8 Å². The number of aliphatic imine (C=N–C) groups is 1. The second kappa shape index (κ2) is 5.64. The molecule has 1 saturated carbocycles. The number of carbonyl (C=O) groups excluding carboxylic acids is 1. The number of isocyanates is 1. The van der Waals surface area contributed by atoms with Crippen molar-refractivity contribution in [3.8, 4) is 11.5 Å². The first kappa shape index (κ1) is 13.9. The molecule has 0 N–H and O–H groups in total. The molecule has 19 heavy (non-hydrogen) atoms. The molecule has 102 valence electrons. The Balaban J connectivity index is 2.57. The van der Waals surface area contributed by atoms with Crippen LogP contribution in [0.3, 0.4) is 0 Å². The van der Waals surface area contributed by atoms with E-state index >= 15 is 0 Å². The van der Waals surface area contributed by atoms with Crippen molar-refractivity contribution in [2.75, 3.05) is 14.2 Å². The molecule has 1 aromatic carbocycles. The lowest BCUT2D eigenvalue weighted by molar-refractivity contribution is 0.352. The minimum atomic E-state index is -0.557. The van der Waals surface area contributed by atoms with E-state index in [2.05, 4.69) is 4.99 Å². The molecule has 0 bridgehead atoms. The molecule has 0 radical (unpaired) electrons. The molecule has 1 aliphatic carbocycles. The Labute approximate surface area is 117 Å². The number of ether oxygens (including phenoxy) is 2. The van der Waals surface area contributed by atoms with Crippen molar-refractivity contribution in [1.82, 2.24) is 0 Å². The fourth-order valence-electron chi connectivity index (χ4n) is 2.70. The third-order valence-corrected chi connectivity index (χ3v) is 3.98. The van der Waals surface area contributed by atoms with Gasteiger partial charge in [-0.2, -0.15) is 4.99 Å². The fourth-order valence-corrected chi connectivity index (χ4v) is 3.03. The first-order valence-corrected chi connectivity index (χ1v) is 6.55. The average Bonchev–Trinajstić information content (AvgIpc) is 2.88. The van der Waals surface area contributed by atoms with E-state index < -0.39 is 5.54 Å². The van der Waals surface area contributed by atoms with E-state index in [1.54, 1.807) is 26.4 Å². The summed E-state index contributed by atoms with van der Waals surface area (Å²) in [6.07, 6.45) is 5.34. The number of methoxy groups -OCH3 is 2. The van der Waals surface area contributed by atoms with E-state index in [1.165, 1.54) is 0 Å². The Kier molecular flexibility index (Phi) is 4.13. The number of halogens is 1. The van der Waals surface area contributed by atoms with Gasteiger partial charge < -0.3 is 9.47 Å². The Bertz CT molecular complexity index is 518. The molecular weight excluding hydrogens is 266 g/mol. The predicted molar refractivity (Wildman–Crippen MR) is 72.8 cm³/mol. The zero-order valence-electron chi connectivity index (χ0n) is 11.0. The van der Waals surface area contributed by atoms with Gasteiger partial charge >= 0.3 is 0 Å². The van der Waals surface area contributed by atoms with E-state index in [0.717, 1.165) is 31.2 Å². The highest BCUT2D eigenvalue weighted by atomic mass is 35.5. The van der Waals surface area contributed by atoms with Crippen molar-refractivity contribution in [3.63, 3.8) is 0 Å². The minimum absolute atomic E-state index is 0.540. The maximum absolute atomic E-state index is 10.7. The molecule has 1 aliphatic rings. The minimum Gasteiger partial charge on any atom is -0.493 e. The van der Waals surface area contributed by atoms with Crippen LogP contribution >= 0.6 is 11.6 Å². The second-order valence-electron chi connectivity index (χ2n) is 4.63. The number of benzene rings is 1. The van der Waals surface area contributed by atoms with Crippen molar-refractivity contribution in [2.24, 2.45) is 4.99 Å². The van der Waals surface area contributed by atoms with Crippen LogP contribution in [0.25, 0.3) is 0 Å². The number of hydrogen-bond donors (Lipinski definition) is 0. The van der Waals surface area contributed by atoms with Gasteiger partial charge in [-0.3, -0.25) is 0 Å². The van der Waals surface area contributed by atoms with Gasteiger partial charge in [0.25, 0.3) is 0 Å². The van der Waals surface area contributed by atoms with E-state index in [9.17, 15) is 4.79 Å². The third kappa shape index (κ3) is 2.46. The lowest BCUT2D eigenvalue weighted by Gasteiger charge is -2.25. The lowest BCUT2D eigenvalue weighted by Crippen LogP contribution is -2.19. The monoisotopic (exact) mass is 281 g/mol. The van der Waals surface area contributed by atoms with Crippen LogP contribution in [-0.4, -0.2) is 20.3 Å². The van der Waals surface area contributed by atoms with Crippen LogP contribution in [-0.2, 0) is 10.3 Å². The average molecular weight is 282 g/mol. The Hall–Kier alpha value is -1.51. The standard InChI is InChI=1S/C14H16ClNO3/c1-18-12-7-10(11(15)8-13(12)19-2)14(16-9-17)5-3-4-6-14/h7-8H,3-6H2,1-2H3. The first-order valence-electron chi connectivity index (χ1n) is 6.18. The molecule has 0 saturated heterocycles. The molecule has 1 aromatic rings. The predicted octanol–water partition coefficient (Wildman–Crippen LogP) is 3.46. The summed E-state index contributed by atoms with van der Waals surface area (Å²) in [7, 11) is 3.13. The zero-order chi connectivity index (χ0) is 13.9. The molecular formula is C14H16ClNO3. The van der Waals surface area contributed by atoms with Gasteiger partial charge in [0.2, 0.25) is 6.08 Å². The molecule has 0 atom stereocenters. The topological polar surface area (TPSA) is 47.9 Å². The van der Waals surface area contributed by atoms with E-state index in [-0.39, 0.29) is 0 Å². The molecule has 4 nitrogen and oxygen atoms in total. The van der Waals surface area contributed by atoms with E-state index in [1.807, 2.05) is 6.07 Å². The van der Waals surface area contributed by atoms with Crippen LogP contribution in [0, 0.1) is 0 Å². The quantitative estimate of drug-likeness (QED) is 0.627. The number of nitrogens with zero attached hydrogens (tertiary/aromatic N) is 1. The first-order chi connectivity index (χ1) is 9.16. The van der Waals surface area contributed by atoms with Gasteiger partial charge in [0.1, 0.15) is 0 Å². The van der Waals surface area contributed by atoms with Crippen molar-refractivity contribution < 1.29 is 14.3 Å². The lowest BCUT2D eigenvalue weighted by atomic mass is 9.88. The van der Waals surface area contributed by atoms with Gasteiger partial charge in [0, 0.05) is 11.6 Å². The summed E-state index contributed by atoms with van der Waals surface area (Å²) < 4.78 is 10.5. The van der Waals surface area contributed by atoms with Crippen molar-refractivity contribution in [3.05, 3.63) is 22.7 Å². The van der Waals surface area contributed by atoms with Crippen LogP contribution in [0.2, 0.25) is 5.02 Å². The van der Waals surface area contributed by atoms with Gasteiger partial charge in [-0.25, -0.2) is 4.79 Å². The van der Waals surface area contributed by atoms with Gasteiger partial charge in [-0.15, -0.1) is 0 Å². The molecule has 5 heteroatoms. The summed E-state index contributed by atoms with van der Waals surface area (Å²) in [5, 5.41) is 0.540. The van der Waals surface area contributed by atoms with Crippen molar-refractivity contribution in [2.45, 2.75) is 31.2 Å². The highest BCUT2D eigenvalue weighted by Gasteiger charge is 2.38. The van der Waals surface area contributed by atoms with E-state index in [0.29, 0.717) is 16.5 Å². The summed E-state index contributed by atoms with van der Waals surface area (Å²) in [4.78, 5) is 14.8. The number of rotatable bonds is 4. The maximum atomic E-state index is 10.7. The molecule has 2 rings (SSSR count). The van der Waals surface area contributed by atoms with Crippen LogP contribution < -0.4 is 9.47 Å². The van der Waals surface area contributed by atoms with Crippen LogP contribution in [0.1, 0.15) is 31.2 Å². The van der Waals surface area contributed by atoms with Gasteiger partial charge in [-0.05, 0) is 18.9 Å². The molecule has 0 aromatic heterocycles. The molecule has 0 unspecified atom stereocenters. The summed E-state index contributed by atoms with van der Waals surface area (Å²) in [5.41, 5.74) is 0.255. The summed E-state index contributed by atoms with van der Waals surface area (Å²) in [6.45, 7) is 0. The summed E-state index contributed by atoms with van der Waals surface area (Å²) in [5.74, 6) is 1.16. The van der Waals surface area contributed by atoms with Crippen LogP contribution in [0.5, 0.6) is 11.5 Å². The normalized spacial score (nSPS) is 16.8. The maximum Gasteiger partial charge on any atom is 0.235 e.